The van der Waals surface area contributed by atoms with Crippen LogP contribution in [-0.2, 0) is 9.59 Å². The number of aromatic hydroxyl groups is 1. The standard InChI is InChI=1S/C18H19NO7/c1-10(20)25-17-14(22)16(26-18(17)19-9-5-8-13(19)21)11-6-4-7-12(23-2)15(11)24-3/h4,6-7,22H,5,8-9H2,1-3H3. The van der Waals surface area contributed by atoms with Crippen molar-refractivity contribution in [1.82, 2.24) is 0 Å². The first-order chi connectivity index (χ1) is 12.5. The van der Waals surface area contributed by atoms with Gasteiger partial charge in [-0.25, -0.2) is 0 Å². The van der Waals surface area contributed by atoms with E-state index in [1.54, 1.807) is 18.2 Å². The molecule has 0 unspecified atom stereocenters. The molecule has 1 N–H and O–H groups in total. The summed E-state index contributed by atoms with van der Waals surface area (Å²) in [7, 11) is 2.95. The molecule has 1 aliphatic heterocycles. The molecule has 0 aliphatic carbocycles. The van der Waals surface area contributed by atoms with Crippen molar-refractivity contribution in [2.24, 2.45) is 0 Å². The number of methoxy groups -OCH3 is 2. The van der Waals surface area contributed by atoms with Crippen molar-refractivity contribution in [2.75, 3.05) is 25.7 Å². The largest absolute Gasteiger partial charge is 0.502 e. The molecule has 1 aromatic heterocycles. The van der Waals surface area contributed by atoms with Crippen LogP contribution in [0.4, 0.5) is 5.88 Å². The SMILES string of the molecule is COc1cccc(-c2oc(N3CCCC3=O)c(OC(C)=O)c2O)c1OC. The van der Waals surface area contributed by atoms with E-state index in [2.05, 4.69) is 0 Å². The second-order valence-corrected chi connectivity index (χ2v) is 5.70. The van der Waals surface area contributed by atoms with Gasteiger partial charge in [-0.2, -0.15) is 0 Å². The number of nitrogens with zero attached hydrogens (tertiary/aromatic N) is 1. The fourth-order valence-corrected chi connectivity index (χ4v) is 2.92. The molecule has 0 spiro atoms. The lowest BCUT2D eigenvalue weighted by atomic mass is 10.1. The maximum Gasteiger partial charge on any atom is 0.308 e. The second-order valence-electron chi connectivity index (χ2n) is 5.70. The Kier molecular flexibility index (Phi) is 4.75. The first kappa shape index (κ1) is 17.7. The minimum Gasteiger partial charge on any atom is -0.502 e. The smallest absolute Gasteiger partial charge is 0.308 e. The number of furan rings is 1. The highest BCUT2D eigenvalue weighted by molar-refractivity contribution is 5.97. The Hall–Kier alpha value is -3.16. The van der Waals surface area contributed by atoms with E-state index in [1.807, 2.05) is 0 Å². The number of esters is 1. The average Bonchev–Trinajstić information content (AvgIpc) is 3.17. The summed E-state index contributed by atoms with van der Waals surface area (Å²) < 4.78 is 21.5. The van der Waals surface area contributed by atoms with E-state index in [-0.39, 0.29) is 29.1 Å². The molecular formula is C18H19NO7. The van der Waals surface area contributed by atoms with Crippen LogP contribution in [0.2, 0.25) is 0 Å². The molecule has 8 heteroatoms. The van der Waals surface area contributed by atoms with Gasteiger partial charge in [0, 0.05) is 19.9 Å². The quantitative estimate of drug-likeness (QED) is 0.818. The number of ether oxygens (including phenoxy) is 3. The van der Waals surface area contributed by atoms with E-state index in [0.717, 1.165) is 0 Å². The van der Waals surface area contributed by atoms with Gasteiger partial charge in [0.1, 0.15) is 0 Å². The monoisotopic (exact) mass is 361 g/mol. The highest BCUT2D eigenvalue weighted by Crippen LogP contribution is 2.51. The van der Waals surface area contributed by atoms with Crippen LogP contribution in [0, 0.1) is 0 Å². The number of anilines is 1. The summed E-state index contributed by atoms with van der Waals surface area (Å²) in [5.41, 5.74) is 0.399. The zero-order chi connectivity index (χ0) is 18.8. The molecular weight excluding hydrogens is 342 g/mol. The van der Waals surface area contributed by atoms with Crippen LogP contribution in [0.1, 0.15) is 19.8 Å². The molecule has 1 fully saturated rings. The minimum atomic E-state index is -0.641. The zero-order valence-electron chi connectivity index (χ0n) is 14.7. The molecule has 8 nitrogen and oxygen atoms in total. The number of carbonyl (C=O) groups is 2. The molecule has 1 aliphatic rings. The summed E-state index contributed by atoms with van der Waals surface area (Å²) in [5, 5.41) is 10.6. The fraction of sp³-hybridized carbons (Fsp3) is 0.333. The van der Waals surface area contributed by atoms with E-state index >= 15 is 0 Å². The van der Waals surface area contributed by atoms with Gasteiger partial charge in [-0.3, -0.25) is 14.5 Å². The third-order valence-electron chi connectivity index (χ3n) is 4.04. The van der Waals surface area contributed by atoms with Gasteiger partial charge in [-0.1, -0.05) is 6.07 Å². The van der Waals surface area contributed by atoms with Gasteiger partial charge in [0.15, 0.2) is 17.3 Å². The van der Waals surface area contributed by atoms with Gasteiger partial charge in [0.25, 0.3) is 5.88 Å². The fourth-order valence-electron chi connectivity index (χ4n) is 2.92. The van der Waals surface area contributed by atoms with Gasteiger partial charge < -0.3 is 23.7 Å². The first-order valence-electron chi connectivity index (χ1n) is 8.03. The van der Waals surface area contributed by atoms with Crippen LogP contribution >= 0.6 is 0 Å². The molecule has 3 rings (SSSR count). The maximum atomic E-state index is 12.1. The summed E-state index contributed by atoms with van der Waals surface area (Å²) in [6, 6.07) is 5.05. The summed E-state index contributed by atoms with van der Waals surface area (Å²) in [4.78, 5) is 24.9. The summed E-state index contributed by atoms with van der Waals surface area (Å²) >= 11 is 0. The number of hydrogen-bond donors (Lipinski definition) is 1. The van der Waals surface area contributed by atoms with Crippen molar-refractivity contribution < 1.29 is 33.3 Å². The number of benzene rings is 1. The maximum absolute atomic E-state index is 12.1. The predicted octanol–water partition coefficient (Wildman–Crippen LogP) is 2.72. The molecule has 1 saturated heterocycles. The van der Waals surface area contributed by atoms with Crippen LogP contribution in [0.3, 0.4) is 0 Å². The summed E-state index contributed by atoms with van der Waals surface area (Å²) in [6.07, 6.45) is 1.01. The Morgan fingerprint density at radius 3 is 2.58 bits per heavy atom. The average molecular weight is 361 g/mol. The minimum absolute atomic E-state index is 0.0000676. The molecule has 0 bridgehead atoms. The highest BCUT2D eigenvalue weighted by atomic mass is 16.6. The van der Waals surface area contributed by atoms with Gasteiger partial charge >= 0.3 is 5.97 Å². The Morgan fingerprint density at radius 1 is 1.23 bits per heavy atom. The summed E-state index contributed by atoms with van der Waals surface area (Å²) in [6.45, 7) is 1.61. The third-order valence-corrected chi connectivity index (χ3v) is 4.04. The number of para-hydroxylation sites is 1. The van der Waals surface area contributed by atoms with Crippen molar-refractivity contribution >= 4 is 17.8 Å². The van der Waals surface area contributed by atoms with Crippen LogP contribution in [0.5, 0.6) is 23.0 Å². The molecule has 1 aromatic carbocycles. The Labute approximate surface area is 149 Å². The molecule has 138 valence electrons. The van der Waals surface area contributed by atoms with E-state index in [1.165, 1.54) is 26.0 Å². The molecule has 0 radical (unpaired) electrons. The number of hydrogen-bond acceptors (Lipinski definition) is 7. The lowest BCUT2D eigenvalue weighted by Gasteiger charge is -2.13. The number of amides is 1. The Bertz CT molecular complexity index is 855. The van der Waals surface area contributed by atoms with Gasteiger partial charge in [-0.05, 0) is 18.6 Å². The zero-order valence-corrected chi connectivity index (χ0v) is 14.7. The van der Waals surface area contributed by atoms with Crippen LogP contribution < -0.4 is 19.1 Å². The van der Waals surface area contributed by atoms with E-state index in [9.17, 15) is 14.7 Å². The molecule has 0 atom stereocenters. The number of carbonyl (C=O) groups excluding carboxylic acids is 2. The molecule has 26 heavy (non-hydrogen) atoms. The van der Waals surface area contributed by atoms with E-state index in [0.29, 0.717) is 36.4 Å². The lowest BCUT2D eigenvalue weighted by Crippen LogP contribution is -2.24. The highest BCUT2D eigenvalue weighted by Gasteiger charge is 2.34. The second kappa shape index (κ2) is 6.99. The van der Waals surface area contributed by atoms with Gasteiger partial charge in [-0.15, -0.1) is 0 Å². The van der Waals surface area contributed by atoms with Crippen LogP contribution in [0.25, 0.3) is 11.3 Å². The van der Waals surface area contributed by atoms with Crippen LogP contribution in [0.15, 0.2) is 22.6 Å². The van der Waals surface area contributed by atoms with Crippen molar-refractivity contribution in [1.29, 1.82) is 0 Å². The van der Waals surface area contributed by atoms with Crippen molar-refractivity contribution in [2.45, 2.75) is 19.8 Å². The van der Waals surface area contributed by atoms with E-state index < -0.39 is 5.97 Å². The molecule has 0 saturated carbocycles. The predicted molar refractivity (Wildman–Crippen MR) is 91.8 cm³/mol. The lowest BCUT2D eigenvalue weighted by molar-refractivity contribution is -0.132. The Balaban J connectivity index is 2.19. The molecule has 2 heterocycles. The number of rotatable bonds is 5. The van der Waals surface area contributed by atoms with Gasteiger partial charge in [0.2, 0.25) is 17.4 Å². The van der Waals surface area contributed by atoms with Crippen molar-refractivity contribution in [3.8, 4) is 34.3 Å². The normalized spacial score (nSPS) is 13.8. The summed E-state index contributed by atoms with van der Waals surface area (Å²) in [5.74, 6) is -0.586. The Morgan fingerprint density at radius 2 is 2.00 bits per heavy atom. The van der Waals surface area contributed by atoms with E-state index in [4.69, 9.17) is 18.6 Å². The van der Waals surface area contributed by atoms with Crippen molar-refractivity contribution in [3.63, 3.8) is 0 Å². The van der Waals surface area contributed by atoms with Crippen molar-refractivity contribution in [3.05, 3.63) is 18.2 Å². The first-order valence-corrected chi connectivity index (χ1v) is 8.03. The van der Waals surface area contributed by atoms with Crippen LogP contribution in [-0.4, -0.2) is 37.7 Å². The third kappa shape index (κ3) is 2.94. The molecule has 1 amide bonds. The van der Waals surface area contributed by atoms with Gasteiger partial charge in [0.05, 0.1) is 19.8 Å². The topological polar surface area (TPSA) is 98.4 Å². The molecule has 2 aromatic rings.